The van der Waals surface area contributed by atoms with Crippen molar-refractivity contribution in [3.8, 4) is 11.4 Å². The Balaban J connectivity index is 0.000000173. The molecule has 0 bridgehead atoms. The zero-order chi connectivity index (χ0) is 16.6. The molecule has 1 aromatic carbocycles. The molecule has 3 aromatic rings. The van der Waals surface area contributed by atoms with Gasteiger partial charge >= 0.3 is 20.1 Å². The second-order valence-corrected chi connectivity index (χ2v) is 4.72. The van der Waals surface area contributed by atoms with Gasteiger partial charge in [-0.3, -0.25) is 9.97 Å². The van der Waals surface area contributed by atoms with E-state index in [9.17, 15) is 0 Å². The van der Waals surface area contributed by atoms with E-state index >= 15 is 0 Å². The molecule has 1 aliphatic rings. The SMILES string of the molecule is CN1C=NN(c2[c-]ccnc2)[CH-]1.[Ir+3].[c-]1ccccc1-c1ncncn1. The Morgan fingerprint density at radius 3 is 2.48 bits per heavy atom. The summed E-state index contributed by atoms with van der Waals surface area (Å²) in [5, 5.41) is 5.81. The van der Waals surface area contributed by atoms with E-state index < -0.39 is 0 Å². The van der Waals surface area contributed by atoms with Crippen molar-refractivity contribution in [1.29, 1.82) is 0 Å². The van der Waals surface area contributed by atoms with Gasteiger partial charge in [0.2, 0.25) is 0 Å². The summed E-state index contributed by atoms with van der Waals surface area (Å²) >= 11 is 0. The number of pyridine rings is 1. The minimum atomic E-state index is 0. The average Bonchev–Trinajstić information content (AvgIpc) is 3.11. The molecular formula is C17H14IrN7. The predicted octanol–water partition coefficient (Wildman–Crippen LogP) is 2.03. The summed E-state index contributed by atoms with van der Waals surface area (Å²) in [4.78, 5) is 17.6. The number of nitrogens with zero attached hydrogens (tertiary/aromatic N) is 7. The molecule has 0 atom stereocenters. The molecule has 8 heteroatoms. The second-order valence-electron chi connectivity index (χ2n) is 4.72. The van der Waals surface area contributed by atoms with Crippen LogP contribution in [-0.2, 0) is 20.1 Å². The first-order valence-electron chi connectivity index (χ1n) is 7.14. The Hall–Kier alpha value is -2.70. The van der Waals surface area contributed by atoms with Gasteiger partial charge in [-0.1, -0.05) is 18.1 Å². The standard InChI is InChI=1S/C9H6N3.C8H8N4.Ir/c1-2-4-8(5-3-1)9-11-6-10-7-12-9;1-11-6-10-12(7-11)8-3-2-4-9-5-8;/h1-4,6-7H;2,4-7H,1H3;/q-1;-2;+3. The Bertz CT molecular complexity index is 731. The van der Waals surface area contributed by atoms with E-state index in [0.717, 1.165) is 11.3 Å². The fourth-order valence-electron chi connectivity index (χ4n) is 1.85. The van der Waals surface area contributed by atoms with Crippen molar-refractivity contribution in [3.63, 3.8) is 0 Å². The van der Waals surface area contributed by atoms with Crippen molar-refractivity contribution in [3.05, 3.63) is 74.2 Å². The summed E-state index contributed by atoms with van der Waals surface area (Å²) in [7, 11) is 1.92. The van der Waals surface area contributed by atoms with Crippen LogP contribution in [0.1, 0.15) is 0 Å². The van der Waals surface area contributed by atoms with Gasteiger partial charge in [-0.2, -0.15) is 17.2 Å². The number of hydrogen-bond acceptors (Lipinski definition) is 7. The first kappa shape index (κ1) is 18.6. The third-order valence-electron chi connectivity index (χ3n) is 2.93. The zero-order valence-electron chi connectivity index (χ0n) is 13.3. The number of aromatic nitrogens is 4. The molecule has 0 spiro atoms. The molecule has 0 aliphatic carbocycles. The Labute approximate surface area is 159 Å². The van der Waals surface area contributed by atoms with E-state index in [1.165, 1.54) is 12.7 Å². The van der Waals surface area contributed by atoms with Crippen molar-refractivity contribution >= 4 is 12.0 Å². The van der Waals surface area contributed by atoms with Crippen molar-refractivity contribution < 1.29 is 20.1 Å². The monoisotopic (exact) mass is 509 g/mol. The number of rotatable bonds is 2. The van der Waals surface area contributed by atoms with Crippen molar-refractivity contribution in [2.24, 2.45) is 5.10 Å². The van der Waals surface area contributed by atoms with Crippen LogP contribution < -0.4 is 5.01 Å². The normalized spacial score (nSPS) is 12.2. The Morgan fingerprint density at radius 2 is 1.88 bits per heavy atom. The predicted molar refractivity (Wildman–Crippen MR) is 90.2 cm³/mol. The molecule has 0 saturated carbocycles. The van der Waals surface area contributed by atoms with Gasteiger partial charge in [0.25, 0.3) is 0 Å². The Morgan fingerprint density at radius 1 is 1.04 bits per heavy atom. The van der Waals surface area contributed by atoms with Crippen LogP contribution in [-0.4, -0.2) is 38.2 Å². The molecular weight excluding hydrogens is 494 g/mol. The first-order chi connectivity index (χ1) is 11.8. The summed E-state index contributed by atoms with van der Waals surface area (Å²) in [6, 6.07) is 15.4. The fourth-order valence-corrected chi connectivity index (χ4v) is 1.85. The summed E-state index contributed by atoms with van der Waals surface area (Å²) < 4.78 is 0. The van der Waals surface area contributed by atoms with Crippen molar-refractivity contribution in [1.82, 2.24) is 24.8 Å². The van der Waals surface area contributed by atoms with Gasteiger partial charge in [-0.05, 0) is 7.05 Å². The molecule has 0 N–H and O–H groups in total. The Kier molecular flexibility index (Phi) is 7.13. The largest absolute Gasteiger partial charge is 3.00 e. The maximum atomic E-state index is 4.09. The maximum Gasteiger partial charge on any atom is 3.00 e. The van der Waals surface area contributed by atoms with Crippen LogP contribution in [0.4, 0.5) is 5.69 Å². The first-order valence-corrected chi connectivity index (χ1v) is 7.14. The van der Waals surface area contributed by atoms with Gasteiger partial charge in [0.1, 0.15) is 12.7 Å². The van der Waals surface area contributed by atoms with E-state index in [4.69, 9.17) is 0 Å². The average molecular weight is 509 g/mol. The summed E-state index contributed by atoms with van der Waals surface area (Å²) in [6.07, 6.45) is 8.08. The van der Waals surface area contributed by atoms with Crippen LogP contribution in [0.15, 0.2) is 60.5 Å². The van der Waals surface area contributed by atoms with Crippen molar-refractivity contribution in [2.45, 2.75) is 0 Å². The van der Waals surface area contributed by atoms with E-state index in [2.05, 4.69) is 37.2 Å². The molecule has 1 aliphatic heterocycles. The molecule has 3 heterocycles. The van der Waals surface area contributed by atoms with Crippen LogP contribution in [0, 0.1) is 18.8 Å². The van der Waals surface area contributed by atoms with Gasteiger partial charge in [-0.25, -0.2) is 4.98 Å². The summed E-state index contributed by atoms with van der Waals surface area (Å²) in [5.41, 5.74) is 1.73. The van der Waals surface area contributed by atoms with Gasteiger partial charge in [0, 0.05) is 0 Å². The molecule has 2 aromatic heterocycles. The van der Waals surface area contributed by atoms with E-state index in [1.54, 1.807) is 29.8 Å². The molecule has 7 nitrogen and oxygen atoms in total. The molecule has 126 valence electrons. The van der Waals surface area contributed by atoms with E-state index in [1.807, 2.05) is 42.9 Å². The molecule has 4 rings (SSSR count). The van der Waals surface area contributed by atoms with Crippen LogP contribution in [0.5, 0.6) is 0 Å². The van der Waals surface area contributed by atoms with Crippen LogP contribution >= 0.6 is 0 Å². The molecule has 0 amide bonds. The zero-order valence-corrected chi connectivity index (χ0v) is 15.7. The summed E-state index contributed by atoms with van der Waals surface area (Å²) in [6.45, 7) is 1.85. The minimum absolute atomic E-state index is 0. The van der Waals surface area contributed by atoms with Gasteiger partial charge in [0.15, 0.2) is 0 Å². The molecule has 0 radical (unpaired) electrons. The van der Waals surface area contributed by atoms with Crippen LogP contribution in [0.3, 0.4) is 0 Å². The number of hydrazone groups is 1. The van der Waals surface area contributed by atoms with Gasteiger partial charge < -0.3 is 14.9 Å². The second kappa shape index (κ2) is 9.56. The quantitative estimate of drug-likeness (QED) is 0.494. The smallest absolute Gasteiger partial charge is 0.493 e. The number of hydrogen-bond donors (Lipinski definition) is 0. The topological polar surface area (TPSA) is 70.4 Å². The van der Waals surface area contributed by atoms with Crippen LogP contribution in [0.2, 0.25) is 0 Å². The van der Waals surface area contributed by atoms with Crippen LogP contribution in [0.25, 0.3) is 11.4 Å². The molecule has 25 heavy (non-hydrogen) atoms. The fraction of sp³-hybridized carbons (Fsp3) is 0.0588. The number of benzene rings is 1. The number of anilines is 1. The molecule has 0 fully saturated rings. The minimum Gasteiger partial charge on any atom is -0.493 e. The van der Waals surface area contributed by atoms with E-state index in [0.29, 0.717) is 5.82 Å². The van der Waals surface area contributed by atoms with Gasteiger partial charge in [0.05, 0.1) is 12.2 Å². The van der Waals surface area contributed by atoms with Gasteiger partial charge in [-0.15, -0.1) is 42.6 Å². The third kappa shape index (κ3) is 5.41. The third-order valence-corrected chi connectivity index (χ3v) is 2.93. The van der Waals surface area contributed by atoms with E-state index in [-0.39, 0.29) is 20.1 Å². The maximum absolute atomic E-state index is 4.09. The molecule has 0 unspecified atom stereocenters. The van der Waals surface area contributed by atoms with Crippen molar-refractivity contribution in [2.75, 3.05) is 12.1 Å². The summed E-state index contributed by atoms with van der Waals surface area (Å²) in [5.74, 6) is 0.658. The molecule has 0 saturated heterocycles.